The highest BCUT2D eigenvalue weighted by atomic mass is 19.1. The topological polar surface area (TPSA) is 46.3 Å². The molecule has 3 nitrogen and oxygen atoms in total. The van der Waals surface area contributed by atoms with Crippen molar-refractivity contribution >= 4 is 11.6 Å². The minimum atomic E-state index is -0.612. The first-order valence-corrected chi connectivity index (χ1v) is 11.6. The van der Waals surface area contributed by atoms with Crippen LogP contribution in [0.1, 0.15) is 38.2 Å². The van der Waals surface area contributed by atoms with Gasteiger partial charge in [0, 0.05) is 30.3 Å². The lowest BCUT2D eigenvalue weighted by molar-refractivity contribution is -0.120. The quantitative estimate of drug-likeness (QED) is 0.450. The van der Waals surface area contributed by atoms with Crippen LogP contribution in [0.15, 0.2) is 72.8 Å². The van der Waals surface area contributed by atoms with Crippen molar-refractivity contribution in [2.75, 3.05) is 11.4 Å². The van der Waals surface area contributed by atoms with Crippen molar-refractivity contribution in [1.82, 2.24) is 0 Å². The van der Waals surface area contributed by atoms with Crippen LogP contribution >= 0.6 is 0 Å². The Morgan fingerprint density at radius 1 is 1.03 bits per heavy atom. The minimum absolute atomic E-state index is 0.0602. The first-order chi connectivity index (χ1) is 15.9. The summed E-state index contributed by atoms with van der Waals surface area (Å²) in [5, 5.41) is 0. The van der Waals surface area contributed by atoms with Gasteiger partial charge in [0.2, 0.25) is 5.91 Å². The number of hydrogen-bond donors (Lipinski definition) is 1. The van der Waals surface area contributed by atoms with Crippen LogP contribution in [0.4, 0.5) is 14.5 Å². The second-order valence-corrected chi connectivity index (χ2v) is 9.03. The molecule has 172 valence electrons. The number of hydrogen-bond acceptors (Lipinski definition) is 2. The van der Waals surface area contributed by atoms with Gasteiger partial charge in [0.15, 0.2) is 0 Å². The molecule has 1 amide bonds. The third-order valence-corrected chi connectivity index (χ3v) is 6.79. The maximum Gasteiger partial charge on any atom is 0.230 e. The fourth-order valence-electron chi connectivity index (χ4n) is 4.29. The molecule has 1 aliphatic rings. The van der Waals surface area contributed by atoms with E-state index in [1.54, 1.807) is 4.90 Å². The van der Waals surface area contributed by atoms with Crippen molar-refractivity contribution in [2.24, 2.45) is 17.6 Å². The lowest BCUT2D eigenvalue weighted by Crippen LogP contribution is -2.45. The van der Waals surface area contributed by atoms with Crippen molar-refractivity contribution in [1.29, 1.82) is 0 Å². The summed E-state index contributed by atoms with van der Waals surface area (Å²) < 4.78 is 27.6. The van der Waals surface area contributed by atoms with E-state index in [0.717, 1.165) is 29.3 Å². The fraction of sp³-hybridized carbons (Fsp3) is 0.321. The Hall–Kier alpha value is -3.05. The fourth-order valence-corrected chi connectivity index (χ4v) is 4.29. The lowest BCUT2D eigenvalue weighted by Gasteiger charge is -2.29. The Labute approximate surface area is 194 Å². The van der Waals surface area contributed by atoms with Gasteiger partial charge in [-0.25, -0.2) is 8.78 Å². The van der Waals surface area contributed by atoms with Crippen LogP contribution in [0, 0.1) is 23.5 Å². The van der Waals surface area contributed by atoms with E-state index >= 15 is 0 Å². The highest BCUT2D eigenvalue weighted by Crippen LogP contribution is 2.49. The van der Waals surface area contributed by atoms with Gasteiger partial charge in [-0.05, 0) is 53.1 Å². The summed E-state index contributed by atoms with van der Waals surface area (Å²) in [6, 6.07) is 21.4. The Balaban J connectivity index is 1.58. The van der Waals surface area contributed by atoms with Crippen LogP contribution in [0.3, 0.4) is 0 Å². The maximum absolute atomic E-state index is 14.3. The molecule has 1 fully saturated rings. The van der Waals surface area contributed by atoms with Crippen LogP contribution in [-0.2, 0) is 4.79 Å². The number of rotatable bonds is 8. The minimum Gasteiger partial charge on any atom is -0.326 e. The number of benzene rings is 3. The van der Waals surface area contributed by atoms with E-state index in [-0.39, 0.29) is 29.7 Å². The molecule has 3 aromatic rings. The molecule has 0 aliphatic heterocycles. The van der Waals surface area contributed by atoms with Crippen LogP contribution in [-0.4, -0.2) is 18.5 Å². The second-order valence-electron chi connectivity index (χ2n) is 9.03. The highest BCUT2D eigenvalue weighted by molar-refractivity contribution is 5.97. The maximum atomic E-state index is 14.3. The summed E-state index contributed by atoms with van der Waals surface area (Å²) in [5.74, 6) is -1.57. The third-order valence-electron chi connectivity index (χ3n) is 6.79. The molecule has 0 aromatic heterocycles. The number of amides is 1. The predicted octanol–water partition coefficient (Wildman–Crippen LogP) is 6.14. The molecule has 0 saturated heterocycles. The average molecular weight is 449 g/mol. The van der Waals surface area contributed by atoms with Gasteiger partial charge < -0.3 is 10.6 Å². The van der Waals surface area contributed by atoms with Gasteiger partial charge in [-0.15, -0.1) is 0 Å². The normalized spacial score (nSPS) is 19.1. The standard InChI is InChI=1S/C28H30F2N2O/c1-3-18(2)27(31)17-32(22-12-9-20(10-13-22)19-7-5-4-6-8-19)28(33)25-16-24(25)23-14-11-21(29)15-26(23)30/h4-15,18,24-25,27H,3,16-17,31H2,1-2H3/t18-,24-,25+,27+/m0/s1. The van der Waals surface area contributed by atoms with Crippen LogP contribution in [0.2, 0.25) is 0 Å². The number of nitrogens with zero attached hydrogens (tertiary/aromatic N) is 1. The molecule has 2 N–H and O–H groups in total. The number of nitrogens with two attached hydrogens (primary N) is 1. The van der Waals surface area contributed by atoms with E-state index < -0.39 is 11.6 Å². The number of carbonyl (C=O) groups excluding carboxylic acids is 1. The molecular weight excluding hydrogens is 418 g/mol. The summed E-state index contributed by atoms with van der Waals surface area (Å²) in [6.45, 7) is 4.56. The lowest BCUT2D eigenvalue weighted by atomic mass is 9.98. The molecule has 0 radical (unpaired) electrons. The summed E-state index contributed by atoms with van der Waals surface area (Å²) in [7, 11) is 0. The first-order valence-electron chi connectivity index (χ1n) is 11.6. The van der Waals surface area contributed by atoms with Gasteiger partial charge in [0.25, 0.3) is 0 Å². The molecule has 3 aromatic carbocycles. The van der Waals surface area contributed by atoms with Gasteiger partial charge in [-0.1, -0.05) is 68.8 Å². The monoisotopic (exact) mass is 448 g/mol. The summed E-state index contributed by atoms with van der Waals surface area (Å²) in [4.78, 5) is 15.3. The van der Waals surface area contributed by atoms with E-state index in [9.17, 15) is 13.6 Å². The Morgan fingerprint density at radius 2 is 1.70 bits per heavy atom. The second kappa shape index (κ2) is 9.84. The molecule has 1 saturated carbocycles. The van der Waals surface area contributed by atoms with E-state index in [1.807, 2.05) is 54.6 Å². The van der Waals surface area contributed by atoms with Gasteiger partial charge >= 0.3 is 0 Å². The molecule has 4 rings (SSSR count). The predicted molar refractivity (Wildman–Crippen MR) is 129 cm³/mol. The van der Waals surface area contributed by atoms with Gasteiger partial charge in [0.1, 0.15) is 11.6 Å². The van der Waals surface area contributed by atoms with Crippen molar-refractivity contribution in [3.8, 4) is 11.1 Å². The molecule has 0 heterocycles. The zero-order chi connectivity index (χ0) is 23.5. The Kier molecular flexibility index (Phi) is 6.89. The van der Waals surface area contributed by atoms with Crippen molar-refractivity contribution in [3.63, 3.8) is 0 Å². The number of carbonyl (C=O) groups is 1. The van der Waals surface area contributed by atoms with Crippen LogP contribution in [0.25, 0.3) is 11.1 Å². The summed E-state index contributed by atoms with van der Waals surface area (Å²) >= 11 is 0. The molecule has 5 heteroatoms. The van der Waals surface area contributed by atoms with Crippen LogP contribution in [0.5, 0.6) is 0 Å². The average Bonchev–Trinajstić information content (AvgIpc) is 3.62. The Morgan fingerprint density at radius 3 is 2.33 bits per heavy atom. The van der Waals surface area contributed by atoms with Crippen molar-refractivity contribution in [3.05, 3.63) is 90.0 Å². The summed E-state index contributed by atoms with van der Waals surface area (Å²) in [6.07, 6.45) is 1.47. The number of halogens is 2. The van der Waals surface area contributed by atoms with Gasteiger partial charge in [0.05, 0.1) is 0 Å². The Bertz CT molecular complexity index is 1100. The van der Waals surface area contributed by atoms with Gasteiger partial charge in [-0.2, -0.15) is 0 Å². The molecule has 4 atom stereocenters. The highest BCUT2D eigenvalue weighted by Gasteiger charge is 2.47. The van der Waals surface area contributed by atoms with Gasteiger partial charge in [-0.3, -0.25) is 4.79 Å². The molecule has 1 aliphatic carbocycles. The molecule has 0 spiro atoms. The molecule has 0 unspecified atom stereocenters. The van der Waals surface area contributed by atoms with Crippen molar-refractivity contribution < 1.29 is 13.6 Å². The molecule has 0 bridgehead atoms. The van der Waals surface area contributed by atoms with E-state index in [0.29, 0.717) is 18.5 Å². The van der Waals surface area contributed by atoms with Crippen molar-refractivity contribution in [2.45, 2.75) is 38.6 Å². The zero-order valence-corrected chi connectivity index (χ0v) is 19.0. The molecule has 33 heavy (non-hydrogen) atoms. The number of anilines is 1. The smallest absolute Gasteiger partial charge is 0.230 e. The SMILES string of the molecule is CC[C@H](C)[C@H](N)CN(C(=O)[C@@H]1C[C@H]1c1ccc(F)cc1F)c1ccc(-c2ccccc2)cc1. The first kappa shape index (κ1) is 23.1. The molecular formula is C28H30F2N2O. The zero-order valence-electron chi connectivity index (χ0n) is 19.0. The third kappa shape index (κ3) is 5.14. The largest absolute Gasteiger partial charge is 0.326 e. The van der Waals surface area contributed by atoms with E-state index in [2.05, 4.69) is 13.8 Å². The van der Waals surface area contributed by atoms with Crippen LogP contribution < -0.4 is 10.6 Å². The van der Waals surface area contributed by atoms with E-state index in [4.69, 9.17) is 5.73 Å². The summed E-state index contributed by atoms with van der Waals surface area (Å²) in [5.41, 5.74) is 9.79. The van der Waals surface area contributed by atoms with E-state index in [1.165, 1.54) is 12.1 Å².